The molecule has 0 nitrogen and oxygen atoms in total. The minimum Gasteiger partial charge on any atom is -0.126 e. The summed E-state index contributed by atoms with van der Waals surface area (Å²) in [5.74, 6) is 1.09. The van der Waals surface area contributed by atoms with Crippen LogP contribution >= 0.6 is 46.0 Å². The molecule has 0 aliphatic heterocycles. The molecule has 1 aromatic carbocycles. The van der Waals surface area contributed by atoms with Gasteiger partial charge < -0.3 is 0 Å². The Morgan fingerprint density at radius 3 is 2.82 bits per heavy atom. The average Bonchev–Trinajstić information content (AvgIpc) is 1.98. The molecule has 0 saturated carbocycles. The lowest BCUT2D eigenvalue weighted by Gasteiger charge is -1.99. The zero-order valence-corrected chi connectivity index (χ0v) is 9.83. The lowest BCUT2D eigenvalue weighted by molar-refractivity contribution is 1.41. The van der Waals surface area contributed by atoms with Gasteiger partial charge in [0.25, 0.3) is 0 Å². The number of hydrogen-bond donors (Lipinski definition) is 0. The van der Waals surface area contributed by atoms with Gasteiger partial charge in [-0.15, -0.1) is 11.8 Å². The molecule has 11 heavy (non-hydrogen) atoms. The molecule has 0 atom stereocenters. The van der Waals surface area contributed by atoms with Gasteiger partial charge in [-0.25, -0.2) is 0 Å². The van der Waals surface area contributed by atoms with E-state index >= 15 is 0 Å². The number of halogens is 2. The fraction of sp³-hybridized carbons (Fsp3) is 0.250. The van der Waals surface area contributed by atoms with Crippen LogP contribution < -0.4 is 0 Å². The van der Waals surface area contributed by atoms with Gasteiger partial charge in [-0.2, -0.15) is 0 Å². The Morgan fingerprint density at radius 1 is 1.55 bits per heavy atom. The van der Waals surface area contributed by atoms with E-state index in [4.69, 9.17) is 11.6 Å². The zero-order valence-electron chi connectivity index (χ0n) is 6.10. The van der Waals surface area contributed by atoms with Gasteiger partial charge >= 0.3 is 0 Å². The van der Waals surface area contributed by atoms with Crippen molar-refractivity contribution < 1.29 is 0 Å². The lowest BCUT2D eigenvalue weighted by atomic mass is 10.4. The normalized spacial score (nSPS) is 10.1. The summed E-state index contributed by atoms with van der Waals surface area (Å²) >= 11 is 9.97. The number of rotatable bonds is 2. The van der Waals surface area contributed by atoms with Crippen LogP contribution in [-0.2, 0) is 0 Å². The highest BCUT2D eigenvalue weighted by atomic mass is 127. The summed E-state index contributed by atoms with van der Waals surface area (Å²) in [6.07, 6.45) is 0. The molecule has 0 aliphatic rings. The van der Waals surface area contributed by atoms with Crippen LogP contribution in [0.15, 0.2) is 23.1 Å². The Balaban J connectivity index is 2.86. The largest absolute Gasteiger partial charge is 0.126 e. The van der Waals surface area contributed by atoms with Crippen molar-refractivity contribution >= 4 is 46.0 Å². The van der Waals surface area contributed by atoms with Gasteiger partial charge in [-0.3, -0.25) is 0 Å². The van der Waals surface area contributed by atoms with E-state index in [0.717, 1.165) is 14.3 Å². The Labute approximate surface area is 89.8 Å². The molecule has 0 aliphatic carbocycles. The monoisotopic (exact) mass is 298 g/mol. The molecular weight excluding hydrogens is 291 g/mol. The summed E-state index contributed by atoms with van der Waals surface area (Å²) in [7, 11) is 0. The molecule has 0 amide bonds. The molecule has 0 saturated heterocycles. The third-order valence-corrected chi connectivity index (χ3v) is 3.65. The summed E-state index contributed by atoms with van der Waals surface area (Å²) in [6.45, 7) is 2.14. The smallest absolute Gasteiger partial charge is 0.0550 e. The van der Waals surface area contributed by atoms with Crippen LogP contribution in [0.25, 0.3) is 0 Å². The van der Waals surface area contributed by atoms with E-state index in [9.17, 15) is 0 Å². The van der Waals surface area contributed by atoms with Gasteiger partial charge in [0, 0.05) is 8.47 Å². The Hall–Kier alpha value is 0.590. The van der Waals surface area contributed by atoms with Gasteiger partial charge in [-0.1, -0.05) is 18.5 Å². The maximum absolute atomic E-state index is 5.93. The summed E-state index contributed by atoms with van der Waals surface area (Å²) < 4.78 is 1.12. The molecular formula is C8H8ClIS. The molecule has 3 heteroatoms. The van der Waals surface area contributed by atoms with E-state index in [2.05, 4.69) is 35.6 Å². The maximum Gasteiger partial charge on any atom is 0.0550 e. The molecule has 1 rings (SSSR count). The molecule has 0 bridgehead atoms. The first-order chi connectivity index (χ1) is 5.24. The second-order valence-electron chi connectivity index (χ2n) is 2.01. The summed E-state index contributed by atoms with van der Waals surface area (Å²) in [5, 5.41) is 0.851. The fourth-order valence-corrected chi connectivity index (χ4v) is 2.01. The first-order valence-electron chi connectivity index (χ1n) is 3.32. The quantitative estimate of drug-likeness (QED) is 0.586. The highest BCUT2D eigenvalue weighted by Crippen LogP contribution is 2.25. The highest BCUT2D eigenvalue weighted by Gasteiger charge is 1.97. The van der Waals surface area contributed by atoms with Gasteiger partial charge in [0.15, 0.2) is 0 Å². The number of benzene rings is 1. The molecule has 0 spiro atoms. The van der Waals surface area contributed by atoms with Crippen LogP contribution in [0.5, 0.6) is 0 Å². The molecule has 0 aromatic heterocycles. The number of hydrogen-bond acceptors (Lipinski definition) is 1. The third kappa shape index (κ3) is 2.84. The van der Waals surface area contributed by atoms with Crippen molar-refractivity contribution in [3.63, 3.8) is 0 Å². The minimum atomic E-state index is 0.851. The van der Waals surface area contributed by atoms with Crippen molar-refractivity contribution in [3.8, 4) is 0 Å². The van der Waals surface area contributed by atoms with Crippen molar-refractivity contribution in [1.29, 1.82) is 0 Å². The SMILES string of the molecule is CCSc1ccc(I)c(Cl)c1. The van der Waals surface area contributed by atoms with Crippen molar-refractivity contribution in [2.45, 2.75) is 11.8 Å². The topological polar surface area (TPSA) is 0 Å². The first-order valence-corrected chi connectivity index (χ1v) is 5.76. The standard InChI is InChI=1S/C8H8ClIS/c1-2-11-6-3-4-8(10)7(9)5-6/h3-5H,2H2,1H3. The van der Waals surface area contributed by atoms with E-state index < -0.39 is 0 Å². The Kier molecular flexibility index (Phi) is 4.02. The van der Waals surface area contributed by atoms with E-state index in [1.54, 1.807) is 0 Å². The average molecular weight is 299 g/mol. The van der Waals surface area contributed by atoms with Gasteiger partial charge in [0.1, 0.15) is 0 Å². The Morgan fingerprint density at radius 2 is 2.27 bits per heavy atom. The molecule has 0 radical (unpaired) electrons. The van der Waals surface area contributed by atoms with Crippen LogP contribution in [0.3, 0.4) is 0 Å². The molecule has 0 fully saturated rings. The minimum absolute atomic E-state index is 0.851. The molecule has 60 valence electrons. The second kappa shape index (κ2) is 4.58. The summed E-state index contributed by atoms with van der Waals surface area (Å²) in [4.78, 5) is 1.25. The number of thioether (sulfide) groups is 1. The zero-order chi connectivity index (χ0) is 8.27. The Bertz CT molecular complexity index is 250. The molecule has 0 heterocycles. The third-order valence-electron chi connectivity index (χ3n) is 1.20. The molecule has 1 aromatic rings. The van der Waals surface area contributed by atoms with Crippen molar-refractivity contribution in [1.82, 2.24) is 0 Å². The van der Waals surface area contributed by atoms with Crippen LogP contribution in [-0.4, -0.2) is 5.75 Å². The van der Waals surface area contributed by atoms with Crippen molar-refractivity contribution in [2.75, 3.05) is 5.75 Å². The maximum atomic E-state index is 5.93. The molecule has 0 unspecified atom stereocenters. The predicted molar refractivity (Wildman–Crippen MR) is 60.6 cm³/mol. The van der Waals surface area contributed by atoms with Gasteiger partial charge in [0.05, 0.1) is 5.02 Å². The van der Waals surface area contributed by atoms with Gasteiger partial charge in [0.2, 0.25) is 0 Å². The first kappa shape index (κ1) is 9.68. The van der Waals surface area contributed by atoms with Crippen LogP contribution in [0.1, 0.15) is 6.92 Å². The van der Waals surface area contributed by atoms with E-state index in [0.29, 0.717) is 0 Å². The highest BCUT2D eigenvalue weighted by molar-refractivity contribution is 14.1. The van der Waals surface area contributed by atoms with E-state index in [-0.39, 0.29) is 0 Å². The lowest BCUT2D eigenvalue weighted by Crippen LogP contribution is -1.76. The van der Waals surface area contributed by atoms with Crippen molar-refractivity contribution in [3.05, 3.63) is 26.8 Å². The molecule has 0 N–H and O–H groups in total. The van der Waals surface area contributed by atoms with E-state index in [1.807, 2.05) is 23.9 Å². The summed E-state index contributed by atoms with van der Waals surface area (Å²) in [6, 6.07) is 6.15. The summed E-state index contributed by atoms with van der Waals surface area (Å²) in [5.41, 5.74) is 0. The van der Waals surface area contributed by atoms with Crippen molar-refractivity contribution in [2.24, 2.45) is 0 Å². The fourth-order valence-electron chi connectivity index (χ4n) is 0.733. The van der Waals surface area contributed by atoms with Crippen LogP contribution in [0, 0.1) is 3.57 Å². The van der Waals surface area contributed by atoms with Crippen LogP contribution in [0.2, 0.25) is 5.02 Å². The predicted octanol–water partition coefficient (Wildman–Crippen LogP) is 4.06. The van der Waals surface area contributed by atoms with Crippen LogP contribution in [0.4, 0.5) is 0 Å². The second-order valence-corrected chi connectivity index (χ2v) is 4.92. The van der Waals surface area contributed by atoms with E-state index in [1.165, 1.54) is 4.90 Å². The van der Waals surface area contributed by atoms with Gasteiger partial charge in [-0.05, 0) is 46.5 Å².